The van der Waals surface area contributed by atoms with Gasteiger partial charge < -0.3 is 9.80 Å². The average Bonchev–Trinajstić information content (AvgIpc) is 3.16. The first-order valence-electron chi connectivity index (χ1n) is 9.12. The van der Waals surface area contributed by atoms with E-state index in [1.165, 1.54) is 24.3 Å². The first-order valence-corrected chi connectivity index (χ1v) is 9.94. The van der Waals surface area contributed by atoms with Crippen molar-refractivity contribution in [2.45, 2.75) is 6.92 Å². The maximum atomic E-state index is 12.7. The van der Waals surface area contributed by atoms with Crippen molar-refractivity contribution >= 4 is 44.1 Å². The highest BCUT2D eigenvalue weighted by Crippen LogP contribution is 2.31. The summed E-state index contributed by atoms with van der Waals surface area (Å²) in [6, 6.07) is 11.4. The number of thiazole rings is 1. The molecule has 1 aliphatic rings. The van der Waals surface area contributed by atoms with Crippen LogP contribution in [0, 0.1) is 10.1 Å². The van der Waals surface area contributed by atoms with E-state index >= 15 is 0 Å². The summed E-state index contributed by atoms with van der Waals surface area (Å²) in [5.41, 5.74) is 1.94. The standard InChI is InChI=1S/C20H18N4O4S/c1-13(25)14-2-4-15(5-3-14)19(26)22-8-10-23(11-9-22)20-21-17-7-6-16(24(27)28)12-18(17)29-20/h2-7,12H,8-11H2,1H3. The summed E-state index contributed by atoms with van der Waals surface area (Å²) in [7, 11) is 0. The number of non-ortho nitro benzene ring substituents is 1. The maximum Gasteiger partial charge on any atom is 0.270 e. The molecule has 0 saturated carbocycles. The first-order chi connectivity index (χ1) is 13.9. The topological polar surface area (TPSA) is 96.7 Å². The number of benzene rings is 2. The normalized spacial score (nSPS) is 14.2. The van der Waals surface area contributed by atoms with Gasteiger partial charge in [-0.1, -0.05) is 23.5 Å². The van der Waals surface area contributed by atoms with E-state index in [0.29, 0.717) is 37.3 Å². The fourth-order valence-electron chi connectivity index (χ4n) is 3.28. The molecule has 2 heterocycles. The molecule has 0 N–H and O–H groups in total. The highest BCUT2D eigenvalue weighted by atomic mass is 32.1. The smallest absolute Gasteiger partial charge is 0.270 e. The summed E-state index contributed by atoms with van der Waals surface area (Å²) in [5, 5.41) is 11.8. The van der Waals surface area contributed by atoms with Crippen LogP contribution in [-0.4, -0.2) is 52.7 Å². The third-order valence-corrected chi connectivity index (χ3v) is 6.03. The summed E-state index contributed by atoms with van der Waals surface area (Å²) in [5.74, 6) is -0.0848. The predicted octanol–water partition coefficient (Wildman–Crippen LogP) is 3.37. The van der Waals surface area contributed by atoms with Gasteiger partial charge in [-0.25, -0.2) is 4.98 Å². The highest BCUT2D eigenvalue weighted by molar-refractivity contribution is 7.22. The lowest BCUT2D eigenvalue weighted by atomic mass is 10.1. The molecule has 1 saturated heterocycles. The number of piperazine rings is 1. The van der Waals surface area contributed by atoms with Gasteiger partial charge in [0.25, 0.3) is 11.6 Å². The maximum absolute atomic E-state index is 12.7. The van der Waals surface area contributed by atoms with Gasteiger partial charge in [0.15, 0.2) is 10.9 Å². The second-order valence-corrected chi connectivity index (χ2v) is 7.83. The number of hydrogen-bond donors (Lipinski definition) is 0. The molecule has 0 atom stereocenters. The van der Waals surface area contributed by atoms with E-state index in [2.05, 4.69) is 9.88 Å². The SMILES string of the molecule is CC(=O)c1ccc(C(=O)N2CCN(c3nc4ccc([N+](=O)[O-])cc4s3)CC2)cc1. The van der Waals surface area contributed by atoms with E-state index in [4.69, 9.17) is 0 Å². The van der Waals surface area contributed by atoms with Crippen molar-refractivity contribution in [1.29, 1.82) is 0 Å². The van der Waals surface area contributed by atoms with Gasteiger partial charge in [-0.3, -0.25) is 19.7 Å². The number of hydrogen-bond acceptors (Lipinski definition) is 7. The molecule has 29 heavy (non-hydrogen) atoms. The molecule has 1 aliphatic heterocycles. The van der Waals surface area contributed by atoms with Crippen molar-refractivity contribution in [3.8, 4) is 0 Å². The number of nitrogens with zero attached hydrogens (tertiary/aromatic N) is 4. The molecule has 1 amide bonds. The number of nitro groups is 1. The van der Waals surface area contributed by atoms with Crippen molar-refractivity contribution in [3.05, 3.63) is 63.7 Å². The Labute approximate surface area is 170 Å². The number of amides is 1. The minimum atomic E-state index is -0.411. The zero-order chi connectivity index (χ0) is 20.5. The van der Waals surface area contributed by atoms with E-state index < -0.39 is 4.92 Å². The van der Waals surface area contributed by atoms with Crippen LogP contribution in [0.1, 0.15) is 27.6 Å². The minimum Gasteiger partial charge on any atom is -0.345 e. The lowest BCUT2D eigenvalue weighted by molar-refractivity contribution is -0.384. The summed E-state index contributed by atoms with van der Waals surface area (Å²) in [6.07, 6.45) is 0. The molecule has 0 radical (unpaired) electrons. The molecule has 1 aromatic heterocycles. The Morgan fingerprint density at radius 2 is 1.69 bits per heavy atom. The van der Waals surface area contributed by atoms with Gasteiger partial charge in [-0.05, 0) is 25.1 Å². The van der Waals surface area contributed by atoms with E-state index in [-0.39, 0.29) is 17.4 Å². The number of Topliss-reactive ketones (excluding diaryl/α,β-unsaturated/α-hetero) is 1. The van der Waals surface area contributed by atoms with Gasteiger partial charge in [0.1, 0.15) is 0 Å². The van der Waals surface area contributed by atoms with Crippen LogP contribution in [0.2, 0.25) is 0 Å². The van der Waals surface area contributed by atoms with Crippen LogP contribution in [-0.2, 0) is 0 Å². The van der Waals surface area contributed by atoms with Gasteiger partial charge in [0, 0.05) is 49.4 Å². The summed E-state index contributed by atoms with van der Waals surface area (Å²) in [4.78, 5) is 43.1. The molecular formula is C20H18N4O4S. The Bertz CT molecular complexity index is 1100. The Kier molecular flexibility index (Phi) is 4.98. The quantitative estimate of drug-likeness (QED) is 0.372. The van der Waals surface area contributed by atoms with Gasteiger partial charge in [-0.2, -0.15) is 0 Å². The molecule has 0 unspecified atom stereocenters. The minimum absolute atomic E-state index is 0.0289. The van der Waals surface area contributed by atoms with Gasteiger partial charge in [-0.15, -0.1) is 0 Å². The second kappa shape index (κ2) is 7.59. The Hall–Kier alpha value is -3.33. The first kappa shape index (κ1) is 19.0. The van der Waals surface area contributed by atoms with Crippen LogP contribution in [0.25, 0.3) is 10.2 Å². The third-order valence-electron chi connectivity index (χ3n) is 4.95. The van der Waals surface area contributed by atoms with Crippen LogP contribution in [0.4, 0.5) is 10.8 Å². The van der Waals surface area contributed by atoms with Gasteiger partial charge >= 0.3 is 0 Å². The third kappa shape index (κ3) is 3.81. The molecule has 2 aromatic carbocycles. The van der Waals surface area contributed by atoms with Crippen LogP contribution in [0.3, 0.4) is 0 Å². The second-order valence-electron chi connectivity index (χ2n) is 6.82. The van der Waals surface area contributed by atoms with Crippen molar-refractivity contribution < 1.29 is 14.5 Å². The van der Waals surface area contributed by atoms with E-state index in [9.17, 15) is 19.7 Å². The number of ketones is 1. The number of carbonyl (C=O) groups is 2. The van der Waals surface area contributed by atoms with Gasteiger partial charge in [0.05, 0.1) is 15.1 Å². The fraction of sp³-hybridized carbons (Fsp3) is 0.250. The van der Waals surface area contributed by atoms with E-state index in [0.717, 1.165) is 15.3 Å². The fourth-order valence-corrected chi connectivity index (χ4v) is 4.33. The Morgan fingerprint density at radius 3 is 2.31 bits per heavy atom. The predicted molar refractivity (Wildman–Crippen MR) is 111 cm³/mol. The molecule has 0 aliphatic carbocycles. The molecule has 1 fully saturated rings. The van der Waals surface area contributed by atoms with E-state index in [1.54, 1.807) is 41.3 Å². The average molecular weight is 410 g/mol. The number of aromatic nitrogens is 1. The molecule has 8 nitrogen and oxygen atoms in total. The van der Waals surface area contributed by atoms with Crippen LogP contribution in [0.15, 0.2) is 42.5 Å². The zero-order valence-electron chi connectivity index (χ0n) is 15.7. The van der Waals surface area contributed by atoms with Gasteiger partial charge in [0.2, 0.25) is 0 Å². The van der Waals surface area contributed by atoms with Crippen molar-refractivity contribution in [2.24, 2.45) is 0 Å². The number of rotatable bonds is 4. The number of fused-ring (bicyclic) bond motifs is 1. The number of nitro benzene ring substituents is 1. The molecule has 0 spiro atoms. The summed E-state index contributed by atoms with van der Waals surface area (Å²) >= 11 is 1.42. The lowest BCUT2D eigenvalue weighted by Crippen LogP contribution is -2.48. The summed E-state index contributed by atoms with van der Waals surface area (Å²) in [6.45, 7) is 3.89. The number of anilines is 1. The molecule has 9 heteroatoms. The van der Waals surface area contributed by atoms with Crippen molar-refractivity contribution in [2.75, 3.05) is 31.1 Å². The molecule has 3 aromatic rings. The zero-order valence-corrected chi connectivity index (χ0v) is 16.5. The molecular weight excluding hydrogens is 392 g/mol. The molecule has 0 bridgehead atoms. The van der Waals surface area contributed by atoms with Crippen LogP contribution >= 0.6 is 11.3 Å². The highest BCUT2D eigenvalue weighted by Gasteiger charge is 2.24. The summed E-state index contributed by atoms with van der Waals surface area (Å²) < 4.78 is 0.776. The van der Waals surface area contributed by atoms with Crippen molar-refractivity contribution in [3.63, 3.8) is 0 Å². The van der Waals surface area contributed by atoms with Crippen LogP contribution in [0.5, 0.6) is 0 Å². The molecule has 4 rings (SSSR count). The largest absolute Gasteiger partial charge is 0.345 e. The monoisotopic (exact) mass is 410 g/mol. The molecule has 148 valence electrons. The van der Waals surface area contributed by atoms with Crippen molar-refractivity contribution in [1.82, 2.24) is 9.88 Å². The lowest BCUT2D eigenvalue weighted by Gasteiger charge is -2.34. The Balaban J connectivity index is 1.43. The van der Waals surface area contributed by atoms with E-state index in [1.807, 2.05) is 0 Å². The number of carbonyl (C=O) groups excluding carboxylic acids is 2. The Morgan fingerprint density at radius 1 is 1.03 bits per heavy atom. The van der Waals surface area contributed by atoms with Crippen LogP contribution < -0.4 is 4.90 Å².